The number of hydrogen-bond acceptors (Lipinski definition) is 3. The molecular formula is C10H21ClN2O. The summed E-state index contributed by atoms with van der Waals surface area (Å²) in [5.74, 6) is 0. The number of rotatable bonds is 5. The van der Waals surface area contributed by atoms with Gasteiger partial charge in [0.15, 0.2) is 0 Å². The highest BCUT2D eigenvalue weighted by atomic mass is 35.5. The molecule has 4 heteroatoms. The number of nitrogens with zero attached hydrogens (tertiary/aromatic N) is 1. The van der Waals surface area contributed by atoms with E-state index >= 15 is 0 Å². The van der Waals surface area contributed by atoms with E-state index in [1.54, 1.807) is 0 Å². The van der Waals surface area contributed by atoms with Crippen LogP contribution in [0.4, 0.5) is 0 Å². The van der Waals surface area contributed by atoms with Crippen LogP contribution in [-0.4, -0.2) is 56.2 Å². The van der Waals surface area contributed by atoms with Crippen LogP contribution < -0.4 is 5.32 Å². The average molecular weight is 221 g/mol. The molecule has 1 aliphatic rings. The number of nitrogens with one attached hydrogen (secondary N) is 1. The van der Waals surface area contributed by atoms with E-state index in [0.717, 1.165) is 39.2 Å². The second kappa shape index (κ2) is 6.62. The second-order valence-electron chi connectivity index (χ2n) is 3.92. The standard InChI is InChI=1S/C10H21ClN2O/c1-3-9(11)6-12-7-10-8-13(2)4-5-14-10/h9-10,12H,3-8H2,1-2H3. The Morgan fingerprint density at radius 3 is 3.07 bits per heavy atom. The molecular weight excluding hydrogens is 200 g/mol. The molecule has 3 nitrogen and oxygen atoms in total. The van der Waals surface area contributed by atoms with Crippen LogP contribution in [0, 0.1) is 0 Å². The van der Waals surface area contributed by atoms with Gasteiger partial charge in [-0.2, -0.15) is 0 Å². The summed E-state index contributed by atoms with van der Waals surface area (Å²) >= 11 is 6.00. The van der Waals surface area contributed by atoms with Crippen molar-refractivity contribution in [2.45, 2.75) is 24.8 Å². The van der Waals surface area contributed by atoms with Gasteiger partial charge in [-0.05, 0) is 13.5 Å². The zero-order valence-electron chi connectivity index (χ0n) is 9.13. The molecule has 0 aromatic heterocycles. The van der Waals surface area contributed by atoms with Crippen molar-refractivity contribution in [3.05, 3.63) is 0 Å². The molecule has 1 heterocycles. The minimum Gasteiger partial charge on any atom is -0.374 e. The highest BCUT2D eigenvalue weighted by molar-refractivity contribution is 6.20. The quantitative estimate of drug-likeness (QED) is 0.698. The molecule has 1 saturated heterocycles. The Labute approximate surface area is 91.7 Å². The van der Waals surface area contributed by atoms with Crippen molar-refractivity contribution in [1.82, 2.24) is 10.2 Å². The van der Waals surface area contributed by atoms with Crippen LogP contribution in [-0.2, 0) is 4.74 Å². The second-order valence-corrected chi connectivity index (χ2v) is 4.54. The van der Waals surface area contributed by atoms with E-state index < -0.39 is 0 Å². The van der Waals surface area contributed by atoms with Crippen LogP contribution in [0.25, 0.3) is 0 Å². The van der Waals surface area contributed by atoms with E-state index in [-0.39, 0.29) is 5.38 Å². The van der Waals surface area contributed by atoms with Crippen molar-refractivity contribution in [1.29, 1.82) is 0 Å². The van der Waals surface area contributed by atoms with E-state index in [9.17, 15) is 0 Å². The number of ether oxygens (including phenoxy) is 1. The topological polar surface area (TPSA) is 24.5 Å². The van der Waals surface area contributed by atoms with E-state index in [1.807, 2.05) is 0 Å². The summed E-state index contributed by atoms with van der Waals surface area (Å²) in [5.41, 5.74) is 0. The minimum atomic E-state index is 0.247. The summed E-state index contributed by atoms with van der Waals surface area (Å²) < 4.78 is 5.62. The summed E-state index contributed by atoms with van der Waals surface area (Å²) in [6.45, 7) is 6.80. The van der Waals surface area contributed by atoms with Gasteiger partial charge >= 0.3 is 0 Å². The van der Waals surface area contributed by atoms with E-state index in [4.69, 9.17) is 16.3 Å². The van der Waals surface area contributed by atoms with Crippen LogP contribution in [0.1, 0.15) is 13.3 Å². The number of likely N-dealkylation sites (N-methyl/N-ethyl adjacent to an activating group) is 1. The molecule has 1 N–H and O–H groups in total. The Balaban J connectivity index is 2.05. The summed E-state index contributed by atoms with van der Waals surface area (Å²) in [7, 11) is 2.13. The molecule has 14 heavy (non-hydrogen) atoms. The van der Waals surface area contributed by atoms with Gasteiger partial charge in [-0.3, -0.25) is 0 Å². The maximum absolute atomic E-state index is 6.00. The molecule has 0 amide bonds. The zero-order valence-corrected chi connectivity index (χ0v) is 9.89. The van der Waals surface area contributed by atoms with Crippen LogP contribution in [0.3, 0.4) is 0 Å². The molecule has 1 fully saturated rings. The van der Waals surface area contributed by atoms with Gasteiger partial charge in [0.2, 0.25) is 0 Å². The first-order chi connectivity index (χ1) is 6.72. The highest BCUT2D eigenvalue weighted by Crippen LogP contribution is 2.02. The maximum Gasteiger partial charge on any atom is 0.0826 e. The molecule has 2 atom stereocenters. The first-order valence-electron chi connectivity index (χ1n) is 5.37. The number of alkyl halides is 1. The molecule has 2 unspecified atom stereocenters. The van der Waals surface area contributed by atoms with Crippen molar-refractivity contribution >= 4 is 11.6 Å². The van der Waals surface area contributed by atoms with Gasteiger partial charge in [0.1, 0.15) is 0 Å². The van der Waals surface area contributed by atoms with Crippen LogP contribution in [0.5, 0.6) is 0 Å². The molecule has 0 spiro atoms. The van der Waals surface area contributed by atoms with Gasteiger partial charge in [-0.15, -0.1) is 11.6 Å². The van der Waals surface area contributed by atoms with Crippen molar-refractivity contribution in [2.24, 2.45) is 0 Å². The van der Waals surface area contributed by atoms with Gasteiger partial charge < -0.3 is 15.0 Å². The van der Waals surface area contributed by atoms with Gasteiger partial charge in [0.25, 0.3) is 0 Å². The molecule has 0 radical (unpaired) electrons. The van der Waals surface area contributed by atoms with Gasteiger partial charge in [0, 0.05) is 31.6 Å². The van der Waals surface area contributed by atoms with Gasteiger partial charge in [0.05, 0.1) is 12.7 Å². The molecule has 0 aromatic rings. The fourth-order valence-corrected chi connectivity index (χ4v) is 1.64. The fourth-order valence-electron chi connectivity index (χ4n) is 1.54. The monoisotopic (exact) mass is 220 g/mol. The average Bonchev–Trinajstić information content (AvgIpc) is 2.17. The van der Waals surface area contributed by atoms with Crippen LogP contribution in [0.2, 0.25) is 0 Å². The summed E-state index contributed by atoms with van der Waals surface area (Å²) in [6.07, 6.45) is 1.34. The summed E-state index contributed by atoms with van der Waals surface area (Å²) in [5, 5.41) is 3.59. The molecule has 1 aliphatic heterocycles. The molecule has 84 valence electrons. The molecule has 0 saturated carbocycles. The number of hydrogen-bond donors (Lipinski definition) is 1. The zero-order chi connectivity index (χ0) is 10.4. The first kappa shape index (κ1) is 12.2. The van der Waals surface area contributed by atoms with Crippen LogP contribution in [0.15, 0.2) is 0 Å². The SMILES string of the molecule is CCC(Cl)CNCC1CN(C)CCO1. The van der Waals surface area contributed by atoms with Gasteiger partial charge in [-0.1, -0.05) is 6.92 Å². The predicted molar refractivity (Wildman–Crippen MR) is 60.0 cm³/mol. The van der Waals surface area contributed by atoms with E-state index in [1.165, 1.54) is 0 Å². The fraction of sp³-hybridized carbons (Fsp3) is 1.00. The predicted octanol–water partition coefficient (Wildman–Crippen LogP) is 0.924. The molecule has 0 aliphatic carbocycles. The largest absolute Gasteiger partial charge is 0.374 e. The lowest BCUT2D eigenvalue weighted by Crippen LogP contribution is -2.45. The van der Waals surface area contributed by atoms with Gasteiger partial charge in [-0.25, -0.2) is 0 Å². The van der Waals surface area contributed by atoms with Crippen molar-refractivity contribution < 1.29 is 4.74 Å². The summed E-state index contributed by atoms with van der Waals surface area (Å²) in [4.78, 5) is 2.30. The van der Waals surface area contributed by atoms with Crippen molar-refractivity contribution in [3.8, 4) is 0 Å². The maximum atomic E-state index is 6.00. The Hall–Kier alpha value is 0.170. The molecule has 1 rings (SSSR count). The molecule has 0 aromatic carbocycles. The van der Waals surface area contributed by atoms with Crippen LogP contribution >= 0.6 is 11.6 Å². The summed E-state index contributed by atoms with van der Waals surface area (Å²) in [6, 6.07) is 0. The van der Waals surface area contributed by atoms with Crippen molar-refractivity contribution in [2.75, 3.05) is 39.8 Å². The third kappa shape index (κ3) is 4.60. The third-order valence-corrected chi connectivity index (χ3v) is 2.99. The molecule has 0 bridgehead atoms. The Kier molecular flexibility index (Phi) is 5.78. The lowest BCUT2D eigenvalue weighted by Gasteiger charge is -2.30. The Morgan fingerprint density at radius 2 is 2.43 bits per heavy atom. The van der Waals surface area contributed by atoms with E-state index in [0.29, 0.717) is 6.10 Å². The Morgan fingerprint density at radius 1 is 1.64 bits per heavy atom. The lowest BCUT2D eigenvalue weighted by atomic mass is 10.2. The van der Waals surface area contributed by atoms with E-state index in [2.05, 4.69) is 24.2 Å². The smallest absolute Gasteiger partial charge is 0.0826 e. The minimum absolute atomic E-state index is 0.247. The number of morpholine rings is 1. The normalized spacial score (nSPS) is 26.4. The first-order valence-corrected chi connectivity index (χ1v) is 5.81. The Bertz CT molecular complexity index is 157. The highest BCUT2D eigenvalue weighted by Gasteiger charge is 2.17. The third-order valence-electron chi connectivity index (χ3n) is 2.52. The van der Waals surface area contributed by atoms with Crippen molar-refractivity contribution in [3.63, 3.8) is 0 Å². The lowest BCUT2D eigenvalue weighted by molar-refractivity contribution is -0.0179. The number of halogens is 1.